The molecule has 0 N–H and O–H groups in total. The Morgan fingerprint density at radius 2 is 1.35 bits per heavy atom. The predicted molar refractivity (Wildman–Crippen MR) is 108 cm³/mol. The van der Waals surface area contributed by atoms with E-state index in [0.717, 1.165) is 5.56 Å². The van der Waals surface area contributed by atoms with E-state index in [9.17, 15) is 26.3 Å². The molecule has 3 nitrogen and oxygen atoms in total. The quantitative estimate of drug-likeness (QED) is 0.160. The molecule has 170 valence electrons. The van der Waals surface area contributed by atoms with Gasteiger partial charge in [0.25, 0.3) is 0 Å². The average Bonchev–Trinajstić information content (AvgIpc) is 3.00. The SMILES string of the molecule is CC(C)(C)c1cccc2cc(-c3ccccc3)[s+](C(F)(F)F)c12.O=S(=O)([O-])C(F)(F)F. The van der Waals surface area contributed by atoms with Crippen LogP contribution in [0.2, 0.25) is 0 Å². The Hall–Kier alpha value is -2.11. The number of benzene rings is 2. The smallest absolute Gasteiger partial charge is 0.601 e. The molecule has 2 aromatic carbocycles. The van der Waals surface area contributed by atoms with E-state index in [0.29, 0.717) is 20.5 Å². The minimum Gasteiger partial charge on any atom is -0.741 e. The zero-order valence-electron chi connectivity index (χ0n) is 16.5. The van der Waals surface area contributed by atoms with Gasteiger partial charge in [0.05, 0.1) is 0 Å². The van der Waals surface area contributed by atoms with E-state index in [2.05, 4.69) is 0 Å². The maximum atomic E-state index is 13.9. The highest BCUT2D eigenvalue weighted by Crippen LogP contribution is 2.56. The fourth-order valence-corrected chi connectivity index (χ4v) is 5.12. The van der Waals surface area contributed by atoms with Crippen LogP contribution in [-0.4, -0.2) is 18.5 Å². The first-order valence-corrected chi connectivity index (χ1v) is 11.3. The molecule has 31 heavy (non-hydrogen) atoms. The van der Waals surface area contributed by atoms with Crippen LogP contribution in [0.25, 0.3) is 20.5 Å². The van der Waals surface area contributed by atoms with E-state index in [-0.39, 0.29) is 5.41 Å². The monoisotopic (exact) mass is 484 g/mol. The largest absolute Gasteiger partial charge is 0.741 e. The Labute approximate surface area is 178 Å². The lowest BCUT2D eigenvalue weighted by Gasteiger charge is -2.18. The summed E-state index contributed by atoms with van der Waals surface area (Å²) in [5, 5.41) is 0.692. The van der Waals surface area contributed by atoms with E-state index < -0.39 is 31.6 Å². The molecule has 3 rings (SSSR count). The van der Waals surface area contributed by atoms with Crippen molar-refractivity contribution in [3.05, 3.63) is 60.2 Å². The minimum atomic E-state index is -6.09. The van der Waals surface area contributed by atoms with Crippen molar-refractivity contribution in [1.29, 1.82) is 0 Å². The molecule has 0 fully saturated rings. The number of thiophene rings is 1. The summed E-state index contributed by atoms with van der Waals surface area (Å²) in [5.41, 5.74) is -8.84. The maximum Gasteiger partial charge on any atom is 0.601 e. The van der Waals surface area contributed by atoms with Crippen molar-refractivity contribution < 1.29 is 39.3 Å². The number of hydrogen-bond donors (Lipinski definition) is 0. The van der Waals surface area contributed by atoms with Gasteiger partial charge in [-0.3, -0.25) is 0 Å². The summed E-state index contributed by atoms with van der Waals surface area (Å²) in [5.74, 6) is 0. The van der Waals surface area contributed by atoms with Crippen molar-refractivity contribution in [2.75, 3.05) is 0 Å². The molecule has 0 amide bonds. The first-order chi connectivity index (χ1) is 13.9. The van der Waals surface area contributed by atoms with Crippen molar-refractivity contribution in [3.8, 4) is 10.4 Å². The molecule has 0 bridgehead atoms. The summed E-state index contributed by atoms with van der Waals surface area (Å²) >= 11 is 0. The van der Waals surface area contributed by atoms with Crippen LogP contribution >= 0.6 is 10.5 Å². The van der Waals surface area contributed by atoms with E-state index in [4.69, 9.17) is 13.0 Å². The molecule has 1 aromatic heterocycles. The molecule has 0 aliphatic heterocycles. The summed E-state index contributed by atoms with van der Waals surface area (Å²) < 4.78 is 101. The van der Waals surface area contributed by atoms with Crippen LogP contribution in [0.15, 0.2) is 54.6 Å². The van der Waals surface area contributed by atoms with Crippen molar-refractivity contribution in [2.45, 2.75) is 37.2 Å². The Kier molecular flexibility index (Phi) is 6.85. The molecule has 0 saturated carbocycles. The van der Waals surface area contributed by atoms with Crippen LogP contribution in [0, 0.1) is 0 Å². The van der Waals surface area contributed by atoms with Crippen molar-refractivity contribution in [3.63, 3.8) is 0 Å². The molecule has 3 aromatic rings. The van der Waals surface area contributed by atoms with Gasteiger partial charge in [-0.2, -0.15) is 13.2 Å². The number of hydrogen-bond acceptors (Lipinski definition) is 3. The molecule has 1 atom stereocenters. The summed E-state index contributed by atoms with van der Waals surface area (Å²) in [6.45, 7) is 5.88. The van der Waals surface area contributed by atoms with Gasteiger partial charge in [-0.25, -0.2) is 8.42 Å². The van der Waals surface area contributed by atoms with Crippen molar-refractivity contribution >= 4 is 30.7 Å². The van der Waals surface area contributed by atoms with E-state index in [1.165, 1.54) is 0 Å². The van der Waals surface area contributed by atoms with Gasteiger partial charge in [0.2, 0.25) is 0 Å². The minimum absolute atomic E-state index is 0.332. The molecular weight excluding hydrogens is 466 g/mol. The normalized spacial score (nSPS) is 13.7. The molecule has 0 aliphatic rings. The summed E-state index contributed by atoms with van der Waals surface area (Å²) in [6, 6.07) is 16.0. The third kappa shape index (κ3) is 5.78. The number of halogens is 6. The second-order valence-corrected chi connectivity index (χ2v) is 10.8. The second kappa shape index (κ2) is 8.44. The van der Waals surface area contributed by atoms with Crippen LogP contribution < -0.4 is 0 Å². The highest BCUT2D eigenvalue weighted by atomic mass is 32.2. The first kappa shape index (κ1) is 25.2. The number of fused-ring (bicyclic) bond motifs is 1. The molecular formula is C20H18F6O3S2. The standard InChI is InChI=1S/C19H18F3S.CHF3O3S/c1-18(2,3)15-11-7-10-14-12-16(13-8-5-4-6-9-13)23(17(14)15)19(20,21)22;2-1(3,4)8(5,6)7/h4-12H,1-3H3;(H,5,6,7)/q+1;/p-1. The fraction of sp³-hybridized carbons (Fsp3) is 0.300. The summed E-state index contributed by atoms with van der Waals surface area (Å²) in [4.78, 5) is 0.366. The van der Waals surface area contributed by atoms with Gasteiger partial charge in [0, 0.05) is 22.6 Å². The Balaban J connectivity index is 0.000000366. The molecule has 0 radical (unpaired) electrons. The Morgan fingerprint density at radius 1 is 0.839 bits per heavy atom. The third-order valence-corrected chi connectivity index (χ3v) is 6.82. The van der Waals surface area contributed by atoms with Gasteiger partial charge in [-0.1, -0.05) is 51.1 Å². The lowest BCUT2D eigenvalue weighted by atomic mass is 9.86. The zero-order chi connectivity index (χ0) is 23.8. The maximum absolute atomic E-state index is 13.9. The van der Waals surface area contributed by atoms with Crippen LogP contribution in [0.1, 0.15) is 26.3 Å². The van der Waals surface area contributed by atoms with Crippen molar-refractivity contribution in [2.24, 2.45) is 0 Å². The highest BCUT2D eigenvalue weighted by Gasteiger charge is 2.49. The number of alkyl halides is 6. The summed E-state index contributed by atoms with van der Waals surface area (Å²) in [7, 11) is -8.00. The van der Waals surface area contributed by atoms with Crippen LogP contribution in [-0.2, 0) is 21.0 Å². The molecule has 11 heteroatoms. The molecule has 1 unspecified atom stereocenters. The van der Waals surface area contributed by atoms with Crippen molar-refractivity contribution in [1.82, 2.24) is 0 Å². The predicted octanol–water partition coefficient (Wildman–Crippen LogP) is 7.08. The number of rotatable bonds is 1. The average molecular weight is 484 g/mol. The third-order valence-electron chi connectivity index (χ3n) is 4.14. The van der Waals surface area contributed by atoms with E-state index in [1.54, 1.807) is 36.4 Å². The summed E-state index contributed by atoms with van der Waals surface area (Å²) in [6.07, 6.45) is 0. The van der Waals surface area contributed by atoms with Gasteiger partial charge in [0.15, 0.2) is 19.7 Å². The van der Waals surface area contributed by atoms with E-state index >= 15 is 0 Å². The van der Waals surface area contributed by atoms with Crippen LogP contribution in [0.4, 0.5) is 26.3 Å². The van der Waals surface area contributed by atoms with Crippen LogP contribution in [0.5, 0.6) is 0 Å². The second-order valence-electron chi connectivity index (χ2n) is 7.50. The van der Waals surface area contributed by atoms with Gasteiger partial charge in [-0.05, 0) is 23.6 Å². The van der Waals surface area contributed by atoms with Gasteiger partial charge in [0.1, 0.15) is 10.5 Å². The lowest BCUT2D eigenvalue weighted by Crippen LogP contribution is -2.21. The van der Waals surface area contributed by atoms with E-state index in [1.807, 2.05) is 39.0 Å². The highest BCUT2D eigenvalue weighted by molar-refractivity contribution is 7.86. The molecule has 0 spiro atoms. The lowest BCUT2D eigenvalue weighted by molar-refractivity contribution is -0.0864. The molecule has 0 aliphatic carbocycles. The Bertz CT molecular complexity index is 1160. The first-order valence-electron chi connectivity index (χ1n) is 8.68. The van der Waals surface area contributed by atoms with Crippen LogP contribution in [0.3, 0.4) is 0 Å². The topological polar surface area (TPSA) is 57.2 Å². The molecule has 0 saturated heterocycles. The molecule has 1 heterocycles. The van der Waals surface area contributed by atoms with Gasteiger partial charge >= 0.3 is 11.0 Å². The zero-order valence-corrected chi connectivity index (χ0v) is 18.1. The van der Waals surface area contributed by atoms with Gasteiger partial charge < -0.3 is 4.55 Å². The Morgan fingerprint density at radius 3 is 1.77 bits per heavy atom. The van der Waals surface area contributed by atoms with Gasteiger partial charge in [-0.15, -0.1) is 13.2 Å². The fourth-order valence-electron chi connectivity index (χ4n) is 2.84.